The monoisotopic (exact) mass is 400 g/mol. The van der Waals surface area contributed by atoms with Crippen molar-refractivity contribution in [1.82, 2.24) is 0 Å². The second kappa shape index (κ2) is 10.2. The van der Waals surface area contributed by atoms with Crippen molar-refractivity contribution in [3.63, 3.8) is 0 Å². The van der Waals surface area contributed by atoms with Crippen molar-refractivity contribution in [2.75, 3.05) is 13.2 Å². The van der Waals surface area contributed by atoms with Crippen molar-refractivity contribution in [2.45, 2.75) is 89.2 Å². The zero-order valence-corrected chi connectivity index (χ0v) is 17.5. The van der Waals surface area contributed by atoms with Crippen molar-refractivity contribution in [3.8, 4) is 0 Å². The third-order valence-electron chi connectivity index (χ3n) is 4.22. The van der Waals surface area contributed by atoms with Crippen LogP contribution in [0.2, 0.25) is 0 Å². The van der Waals surface area contributed by atoms with Crippen LogP contribution in [0, 0.1) is 5.16 Å². The van der Waals surface area contributed by atoms with Crippen LogP contribution in [0.15, 0.2) is 0 Å². The van der Waals surface area contributed by atoms with Gasteiger partial charge in [-0.1, -0.05) is 0 Å². The molecule has 3 N–H and O–H groups in total. The van der Waals surface area contributed by atoms with Gasteiger partial charge in [-0.05, 0) is 40.5 Å². The van der Waals surface area contributed by atoms with E-state index in [4.69, 9.17) is 54.4 Å². The number of hydrogen-bond donors (Lipinski definition) is 2. The molecule has 0 amide bonds. The van der Waals surface area contributed by atoms with Crippen molar-refractivity contribution < 1.29 is 28.0 Å². The van der Waals surface area contributed by atoms with Gasteiger partial charge in [0, 0.05) is 12.0 Å². The lowest BCUT2D eigenvalue weighted by atomic mass is 9.96. The summed E-state index contributed by atoms with van der Waals surface area (Å²) in [6.45, 7) is 8.14. The zero-order valence-electron chi connectivity index (χ0n) is 16.6. The number of nitrogens with one attached hydrogen (secondary N) is 1. The van der Waals surface area contributed by atoms with Crippen molar-refractivity contribution in [2.24, 2.45) is 5.50 Å². The molecular formula is C16H31B2N2O6P. The Morgan fingerprint density at radius 1 is 1.00 bits per heavy atom. The summed E-state index contributed by atoms with van der Waals surface area (Å²) in [6, 6.07) is -0.894. The minimum absolute atomic E-state index is 0.0370. The van der Waals surface area contributed by atoms with Crippen LogP contribution in [0.1, 0.15) is 40.5 Å². The predicted octanol–water partition coefficient (Wildman–Crippen LogP) is 1.66. The SMILES string of the molecule is [B][C@H]1CC(OC(C)C)[C@@H](COP(=N)(N)OC2C[C@H]([B])O[C@@H]2COC(C)C)O1. The maximum atomic E-state index is 8.26. The van der Waals surface area contributed by atoms with Crippen molar-refractivity contribution in [3.05, 3.63) is 0 Å². The highest BCUT2D eigenvalue weighted by Gasteiger charge is 2.39. The first-order chi connectivity index (χ1) is 12.6. The molecule has 0 aliphatic carbocycles. The molecule has 4 radical (unpaired) electrons. The topological polar surface area (TPSA) is 105 Å². The lowest BCUT2D eigenvalue weighted by Crippen LogP contribution is -2.33. The molecule has 2 heterocycles. The van der Waals surface area contributed by atoms with Gasteiger partial charge >= 0.3 is 0 Å². The lowest BCUT2D eigenvalue weighted by Gasteiger charge is -2.27. The second-order valence-corrected chi connectivity index (χ2v) is 9.20. The van der Waals surface area contributed by atoms with Gasteiger partial charge < -0.3 is 28.0 Å². The first kappa shape index (κ1) is 23.4. The molecule has 7 atom stereocenters. The summed E-state index contributed by atoms with van der Waals surface area (Å²) >= 11 is 0. The van der Waals surface area contributed by atoms with Gasteiger partial charge in [-0.15, -0.1) is 0 Å². The summed E-state index contributed by atoms with van der Waals surface area (Å²) in [5, 5.41) is 8.26. The third kappa shape index (κ3) is 7.78. The van der Waals surface area contributed by atoms with Crippen molar-refractivity contribution in [1.29, 1.82) is 5.16 Å². The Kier molecular flexibility index (Phi) is 8.84. The molecule has 0 spiro atoms. The number of ether oxygens (including phenoxy) is 4. The summed E-state index contributed by atoms with van der Waals surface area (Å²) in [7, 11) is 8.35. The number of hydrogen-bond acceptors (Lipinski definition) is 7. The second-order valence-electron chi connectivity index (χ2n) is 7.54. The molecule has 2 fully saturated rings. The first-order valence-corrected chi connectivity index (χ1v) is 11.1. The Morgan fingerprint density at radius 3 is 2.11 bits per heavy atom. The molecule has 2 aliphatic rings. The van der Waals surface area contributed by atoms with E-state index in [-0.39, 0.29) is 37.1 Å². The Balaban J connectivity index is 1.87. The van der Waals surface area contributed by atoms with Crippen molar-refractivity contribution >= 4 is 23.4 Å². The Hall–Kier alpha value is 0.0799. The van der Waals surface area contributed by atoms with E-state index in [1.165, 1.54) is 0 Å². The van der Waals surface area contributed by atoms with E-state index in [2.05, 4.69) is 0 Å². The molecule has 0 saturated carbocycles. The minimum atomic E-state index is -3.35. The summed E-state index contributed by atoms with van der Waals surface area (Å²) in [5.74, 6) is 0. The fourth-order valence-corrected chi connectivity index (χ4v) is 4.15. The van der Waals surface area contributed by atoms with E-state index < -0.39 is 25.8 Å². The van der Waals surface area contributed by atoms with Gasteiger partial charge in [0.25, 0.3) is 7.66 Å². The highest BCUT2D eigenvalue weighted by molar-refractivity contribution is 7.52. The largest absolute Gasteiger partial charge is 0.380 e. The fraction of sp³-hybridized carbons (Fsp3) is 1.00. The van der Waals surface area contributed by atoms with Crippen LogP contribution in [-0.4, -0.2) is 77.5 Å². The van der Waals surface area contributed by atoms with Crippen LogP contribution in [0.25, 0.3) is 0 Å². The quantitative estimate of drug-likeness (QED) is 0.425. The molecule has 0 aromatic rings. The molecule has 3 unspecified atom stereocenters. The molecule has 0 aromatic heterocycles. The molecule has 2 rings (SSSR count). The van der Waals surface area contributed by atoms with Gasteiger partial charge in [0.05, 0.1) is 37.6 Å². The maximum Gasteiger partial charge on any atom is 0.282 e. The van der Waals surface area contributed by atoms with Crippen LogP contribution in [0.5, 0.6) is 0 Å². The molecule has 0 aromatic carbocycles. The van der Waals surface area contributed by atoms with Crippen LogP contribution in [0.4, 0.5) is 0 Å². The van der Waals surface area contributed by atoms with E-state index >= 15 is 0 Å². The van der Waals surface area contributed by atoms with Crippen LogP contribution in [-0.2, 0) is 28.0 Å². The summed E-state index contributed by atoms with van der Waals surface area (Å²) in [4.78, 5) is 0. The van der Waals surface area contributed by atoms with Gasteiger partial charge in [0.1, 0.15) is 27.9 Å². The average Bonchev–Trinajstić information content (AvgIpc) is 3.04. The molecule has 27 heavy (non-hydrogen) atoms. The molecular weight excluding hydrogens is 369 g/mol. The lowest BCUT2D eigenvalue weighted by molar-refractivity contribution is -0.0590. The minimum Gasteiger partial charge on any atom is -0.380 e. The highest BCUT2D eigenvalue weighted by atomic mass is 31.2. The molecule has 2 aliphatic heterocycles. The van der Waals surface area contributed by atoms with E-state index in [1.54, 1.807) is 0 Å². The third-order valence-corrected chi connectivity index (χ3v) is 5.34. The number of nitrogens with two attached hydrogens (primary N) is 1. The standard InChI is InChI=1S/C16H31B2N2O6P/c1-9(2)21-7-13-12(6-16(18)24-13)26-27(19,20)22-8-14-11(23-10(3)4)5-15(17)25-14/h9-16H,5-8H2,1-4H3,(H3,19,20)/t11?,12?,13-,14-,15-,16-/m1/s1. The average molecular weight is 400 g/mol. The van der Waals surface area contributed by atoms with Gasteiger partial charge in [-0.2, -0.15) is 0 Å². The first-order valence-electron chi connectivity index (χ1n) is 9.40. The Bertz CT molecular complexity index is 515. The van der Waals surface area contributed by atoms with Gasteiger partial charge in [-0.25, -0.2) is 0 Å². The summed E-state index contributed by atoms with van der Waals surface area (Å²) in [5.41, 5.74) is 5.99. The smallest absolute Gasteiger partial charge is 0.282 e. The van der Waals surface area contributed by atoms with E-state index in [0.29, 0.717) is 19.4 Å². The fourth-order valence-electron chi connectivity index (χ4n) is 3.10. The maximum absolute atomic E-state index is 8.26. The van der Waals surface area contributed by atoms with Crippen LogP contribution in [0.3, 0.4) is 0 Å². The predicted molar refractivity (Wildman–Crippen MR) is 104 cm³/mol. The zero-order chi connectivity index (χ0) is 20.2. The molecule has 152 valence electrons. The van der Waals surface area contributed by atoms with Crippen LogP contribution < -0.4 is 5.50 Å². The normalized spacial score (nSPS) is 36.6. The van der Waals surface area contributed by atoms with Gasteiger partial charge in [-0.3, -0.25) is 10.7 Å². The Morgan fingerprint density at radius 2 is 1.56 bits per heavy atom. The molecule has 0 bridgehead atoms. The summed E-state index contributed by atoms with van der Waals surface area (Å²) in [6.07, 6.45) is -0.335. The Labute approximate surface area is 165 Å². The van der Waals surface area contributed by atoms with E-state index in [1.807, 2.05) is 27.7 Å². The summed E-state index contributed by atoms with van der Waals surface area (Å²) < 4.78 is 34.0. The molecule has 8 nitrogen and oxygen atoms in total. The molecule has 11 heteroatoms. The molecule has 2 saturated heterocycles. The van der Waals surface area contributed by atoms with E-state index in [0.717, 1.165) is 0 Å². The van der Waals surface area contributed by atoms with Gasteiger partial charge in [0.2, 0.25) is 0 Å². The number of rotatable bonds is 10. The van der Waals surface area contributed by atoms with Gasteiger partial charge in [0.15, 0.2) is 0 Å². The van der Waals surface area contributed by atoms with E-state index in [9.17, 15) is 0 Å². The highest BCUT2D eigenvalue weighted by Crippen LogP contribution is 2.45. The van der Waals surface area contributed by atoms with Crippen LogP contribution >= 0.6 is 7.66 Å².